The van der Waals surface area contributed by atoms with Gasteiger partial charge in [-0.15, -0.1) is 10.6 Å². The third-order valence-corrected chi connectivity index (χ3v) is 8.14. The molecular formula is C32H40FN7O3Si. The van der Waals surface area contributed by atoms with Crippen molar-refractivity contribution in [3.8, 4) is 28.6 Å². The van der Waals surface area contributed by atoms with Crippen LogP contribution in [0.25, 0.3) is 16.9 Å². The van der Waals surface area contributed by atoms with E-state index in [1.807, 2.05) is 55.8 Å². The Morgan fingerprint density at radius 2 is 1.84 bits per heavy atom. The predicted molar refractivity (Wildman–Crippen MR) is 168 cm³/mol. The molecule has 4 aromatic rings. The molecule has 44 heavy (non-hydrogen) atoms. The number of fused-ring (bicyclic) bond motifs is 1. The van der Waals surface area contributed by atoms with Gasteiger partial charge in [-0.25, -0.2) is 18.9 Å². The number of nitrogens with zero attached hydrogens (tertiary/aromatic N) is 7. The molecule has 0 spiro atoms. The number of carbonyl (C=O) groups excluding carboxylic acids is 1. The summed E-state index contributed by atoms with van der Waals surface area (Å²) < 4.78 is 29.4. The van der Waals surface area contributed by atoms with E-state index < -0.39 is 25.6 Å². The highest BCUT2D eigenvalue weighted by Crippen LogP contribution is 2.33. The van der Waals surface area contributed by atoms with Gasteiger partial charge in [-0.2, -0.15) is 0 Å². The van der Waals surface area contributed by atoms with Crippen LogP contribution in [0.15, 0.2) is 36.7 Å². The van der Waals surface area contributed by atoms with Gasteiger partial charge in [0.1, 0.15) is 42.6 Å². The summed E-state index contributed by atoms with van der Waals surface area (Å²) in [4.78, 5) is 23.2. The quantitative estimate of drug-likeness (QED) is 0.189. The lowest BCUT2D eigenvalue weighted by molar-refractivity contribution is 0.0183. The molecule has 10 nitrogen and oxygen atoms in total. The van der Waals surface area contributed by atoms with Crippen LogP contribution in [0, 0.1) is 24.2 Å². The zero-order valence-corrected chi connectivity index (χ0v) is 27.7. The maximum atomic E-state index is 13.5. The summed E-state index contributed by atoms with van der Waals surface area (Å²) in [5.74, 6) is 3.42. The first-order valence-electron chi connectivity index (χ1n) is 14.9. The zero-order chi connectivity index (χ0) is 31.8. The van der Waals surface area contributed by atoms with Gasteiger partial charge in [0.05, 0.1) is 29.8 Å². The van der Waals surface area contributed by atoms with Crippen LogP contribution in [0.2, 0.25) is 19.6 Å². The first-order valence-corrected chi connectivity index (χ1v) is 18.4. The Morgan fingerprint density at radius 3 is 2.48 bits per heavy atom. The number of aromatic nitrogens is 6. The Balaban J connectivity index is 1.46. The minimum absolute atomic E-state index is 0.105. The topological polar surface area (TPSA) is 99.7 Å². The van der Waals surface area contributed by atoms with Gasteiger partial charge < -0.3 is 14.4 Å². The molecule has 5 heterocycles. The minimum Gasteiger partial charge on any atom is -0.469 e. The number of hydrogen-bond donors (Lipinski definition) is 0. The number of rotatable bonds is 5. The lowest BCUT2D eigenvalue weighted by Gasteiger charge is -2.33. The zero-order valence-electron chi connectivity index (χ0n) is 26.7. The lowest BCUT2D eigenvalue weighted by Crippen LogP contribution is -2.42. The van der Waals surface area contributed by atoms with Gasteiger partial charge in [-0.3, -0.25) is 9.38 Å². The van der Waals surface area contributed by atoms with Crippen molar-refractivity contribution in [1.29, 1.82) is 0 Å². The Morgan fingerprint density at radius 1 is 1.11 bits per heavy atom. The molecule has 0 aromatic carbocycles. The van der Waals surface area contributed by atoms with Crippen LogP contribution in [0.5, 0.6) is 5.88 Å². The molecule has 1 aliphatic rings. The van der Waals surface area contributed by atoms with Gasteiger partial charge in [0.15, 0.2) is 0 Å². The van der Waals surface area contributed by atoms with E-state index >= 15 is 0 Å². The summed E-state index contributed by atoms with van der Waals surface area (Å²) in [7, 11) is -1.65. The first kappa shape index (κ1) is 31.2. The van der Waals surface area contributed by atoms with Crippen LogP contribution in [0.4, 0.5) is 9.18 Å². The van der Waals surface area contributed by atoms with Crippen molar-refractivity contribution in [2.24, 2.45) is 0 Å². The predicted octanol–water partition coefficient (Wildman–Crippen LogP) is 6.38. The maximum absolute atomic E-state index is 13.5. The number of likely N-dealkylation sites (tertiary alicyclic amines) is 1. The number of carbonyl (C=O) groups is 1. The Labute approximate surface area is 258 Å². The molecule has 12 heteroatoms. The van der Waals surface area contributed by atoms with Crippen LogP contribution in [-0.4, -0.2) is 67.1 Å². The average Bonchev–Trinajstić information content (AvgIpc) is 3.54. The van der Waals surface area contributed by atoms with Crippen LogP contribution in [0.3, 0.4) is 0 Å². The standard InChI is InChI=1S/C32H40FN7O3Si/c1-21-30(36-37-40(21)25-11-14-38(15-12-25)31(41)43-32(3,4)5)23-17-28-35-20-26(13-16-44(6,7)8)39(28)29(18-23)42-22(2)27-10-9-24(33)19-34-27/h9-10,17-20,22,25H,11-12,14-15H2,1-8H3. The molecule has 1 amide bonds. The van der Waals surface area contributed by atoms with Crippen molar-refractivity contribution in [2.45, 2.75) is 84.8 Å². The van der Waals surface area contributed by atoms with Crippen molar-refractivity contribution in [1.82, 2.24) is 34.3 Å². The van der Waals surface area contributed by atoms with Crippen molar-refractivity contribution >= 4 is 19.8 Å². The van der Waals surface area contributed by atoms with Gasteiger partial charge in [-0.05, 0) is 65.7 Å². The van der Waals surface area contributed by atoms with Gasteiger partial charge in [0.2, 0.25) is 5.88 Å². The van der Waals surface area contributed by atoms with E-state index in [1.54, 1.807) is 17.2 Å². The molecule has 0 radical (unpaired) electrons. The fourth-order valence-electron chi connectivity index (χ4n) is 5.08. The largest absolute Gasteiger partial charge is 0.469 e. The highest BCUT2D eigenvalue weighted by Gasteiger charge is 2.29. The Hall–Kier alpha value is -4.24. The molecule has 1 atom stereocenters. The molecular weight excluding hydrogens is 577 g/mol. The molecule has 5 rings (SSSR count). The third-order valence-electron chi connectivity index (χ3n) is 7.27. The monoisotopic (exact) mass is 617 g/mol. The van der Waals surface area contributed by atoms with E-state index in [2.05, 4.69) is 51.4 Å². The summed E-state index contributed by atoms with van der Waals surface area (Å²) >= 11 is 0. The van der Waals surface area contributed by atoms with Crippen LogP contribution < -0.4 is 4.74 Å². The van der Waals surface area contributed by atoms with Gasteiger partial charge >= 0.3 is 6.09 Å². The number of imidazole rings is 1. The number of amides is 1. The van der Waals surface area contributed by atoms with E-state index in [-0.39, 0.29) is 12.1 Å². The van der Waals surface area contributed by atoms with Gasteiger partial charge in [0.25, 0.3) is 0 Å². The number of halogens is 1. The molecule has 1 fully saturated rings. The molecule has 1 saturated heterocycles. The Kier molecular flexibility index (Phi) is 8.53. The summed E-state index contributed by atoms with van der Waals surface area (Å²) in [6.45, 7) is 17.2. The van der Waals surface area contributed by atoms with Gasteiger partial charge in [-0.1, -0.05) is 30.8 Å². The second kappa shape index (κ2) is 12.0. The molecule has 0 aliphatic carbocycles. The summed E-state index contributed by atoms with van der Waals surface area (Å²) in [6.07, 6.45) is 3.67. The van der Waals surface area contributed by atoms with Crippen molar-refractivity contribution in [3.63, 3.8) is 0 Å². The number of pyridine rings is 2. The molecule has 4 aromatic heterocycles. The smallest absolute Gasteiger partial charge is 0.410 e. The SMILES string of the molecule is Cc1c(-c2cc(OC(C)c3ccc(F)cn3)n3c(C#C[Si](C)(C)C)cnc3c2)nnn1C1CCN(C(=O)OC(C)(C)C)CC1. The van der Waals surface area contributed by atoms with Crippen molar-refractivity contribution < 1.29 is 18.7 Å². The molecule has 232 valence electrons. The number of ether oxygens (including phenoxy) is 2. The molecule has 0 N–H and O–H groups in total. The normalized spacial score (nSPS) is 15.2. The van der Waals surface area contributed by atoms with E-state index in [4.69, 9.17) is 9.47 Å². The van der Waals surface area contributed by atoms with Crippen LogP contribution in [-0.2, 0) is 4.74 Å². The molecule has 1 unspecified atom stereocenters. The van der Waals surface area contributed by atoms with E-state index in [0.29, 0.717) is 30.3 Å². The average molecular weight is 618 g/mol. The maximum Gasteiger partial charge on any atom is 0.410 e. The van der Waals surface area contributed by atoms with Crippen molar-refractivity contribution in [3.05, 3.63) is 59.6 Å². The fraction of sp³-hybridized carbons (Fsp3) is 0.469. The lowest BCUT2D eigenvalue weighted by atomic mass is 10.0. The summed E-state index contributed by atoms with van der Waals surface area (Å²) in [5, 5.41) is 9.11. The number of piperidine rings is 1. The second-order valence-corrected chi connectivity index (χ2v) is 18.0. The van der Waals surface area contributed by atoms with Crippen LogP contribution >= 0.6 is 0 Å². The minimum atomic E-state index is -1.65. The fourth-order valence-corrected chi connectivity index (χ4v) is 5.59. The van der Waals surface area contributed by atoms with Crippen LogP contribution in [0.1, 0.15) is 69.8 Å². The van der Waals surface area contributed by atoms with E-state index in [0.717, 1.165) is 35.5 Å². The summed E-state index contributed by atoms with van der Waals surface area (Å²) in [6, 6.07) is 6.97. The van der Waals surface area contributed by atoms with E-state index in [1.165, 1.54) is 12.3 Å². The third kappa shape index (κ3) is 7.10. The van der Waals surface area contributed by atoms with Gasteiger partial charge in [0, 0.05) is 24.7 Å². The van der Waals surface area contributed by atoms with Crippen molar-refractivity contribution in [2.75, 3.05) is 13.1 Å². The second-order valence-electron chi connectivity index (χ2n) is 13.2. The Bertz CT molecular complexity index is 1720. The molecule has 1 aliphatic heterocycles. The highest BCUT2D eigenvalue weighted by atomic mass is 28.3. The molecule has 0 saturated carbocycles. The summed E-state index contributed by atoms with van der Waals surface area (Å²) in [5.41, 5.74) is 7.30. The number of hydrogen-bond acceptors (Lipinski definition) is 7. The highest BCUT2D eigenvalue weighted by molar-refractivity contribution is 6.83. The first-order chi connectivity index (χ1) is 20.7. The molecule has 0 bridgehead atoms. The van der Waals surface area contributed by atoms with E-state index in [9.17, 15) is 9.18 Å².